The number of likely N-dealkylation sites (tertiary alicyclic amines) is 1. The summed E-state index contributed by atoms with van der Waals surface area (Å²) in [7, 11) is 0. The Balaban J connectivity index is 1.78. The van der Waals surface area contributed by atoms with E-state index in [-0.39, 0.29) is 17.0 Å². The third-order valence-electron chi connectivity index (χ3n) is 8.22. The van der Waals surface area contributed by atoms with Crippen LogP contribution in [0.25, 0.3) is 33.6 Å². The molecule has 5 rings (SSSR count). The molecule has 230 valence electrons. The number of piperidine rings is 1. The van der Waals surface area contributed by atoms with Crippen LogP contribution in [0.5, 0.6) is 0 Å². The van der Waals surface area contributed by atoms with Gasteiger partial charge < -0.3 is 4.90 Å². The molecule has 2 aromatic heterocycles. The van der Waals surface area contributed by atoms with Crippen molar-refractivity contribution in [1.29, 1.82) is 0 Å². The van der Waals surface area contributed by atoms with Gasteiger partial charge in [0.15, 0.2) is 0 Å². The number of halogens is 2. The highest BCUT2D eigenvalue weighted by atomic mass is 32.1. The first-order valence-electron chi connectivity index (χ1n) is 15.3. The monoisotopic (exact) mass is 615 g/mol. The summed E-state index contributed by atoms with van der Waals surface area (Å²) in [4.78, 5) is 35.7. The van der Waals surface area contributed by atoms with E-state index in [4.69, 9.17) is 4.98 Å². The zero-order valence-electron chi connectivity index (χ0n) is 26.0. The van der Waals surface area contributed by atoms with Gasteiger partial charge in [-0.15, -0.1) is 11.3 Å². The van der Waals surface area contributed by atoms with Crippen molar-refractivity contribution in [3.05, 3.63) is 97.8 Å². The normalized spacial score (nSPS) is 15.1. The van der Waals surface area contributed by atoms with Crippen molar-refractivity contribution in [3.63, 3.8) is 0 Å². The highest BCUT2D eigenvalue weighted by Gasteiger charge is 2.29. The Morgan fingerprint density at radius 3 is 2.36 bits per heavy atom. The summed E-state index contributed by atoms with van der Waals surface area (Å²) in [6.45, 7) is 11.6. The van der Waals surface area contributed by atoms with Crippen LogP contribution in [0.3, 0.4) is 0 Å². The summed E-state index contributed by atoms with van der Waals surface area (Å²) < 4.78 is 28.0. The molecular formula is C36H39F2N3O2S. The predicted molar refractivity (Wildman–Crippen MR) is 176 cm³/mol. The van der Waals surface area contributed by atoms with Crippen LogP contribution in [-0.4, -0.2) is 33.4 Å². The summed E-state index contributed by atoms with van der Waals surface area (Å²) in [5.74, 6) is 0.306. The number of rotatable bonds is 8. The molecule has 1 amide bonds. The molecule has 1 aliphatic heterocycles. The van der Waals surface area contributed by atoms with Gasteiger partial charge in [-0.2, -0.15) is 0 Å². The van der Waals surface area contributed by atoms with Crippen molar-refractivity contribution in [2.24, 2.45) is 5.92 Å². The maximum Gasteiger partial charge on any atom is 0.265 e. The number of carbonyl (C=O) groups excluding carboxylic acids is 1. The minimum atomic E-state index is -2.55. The first-order chi connectivity index (χ1) is 21.1. The molecule has 4 aromatic rings. The number of allylic oxidation sites excluding steroid dienone is 1. The molecule has 3 heterocycles. The molecule has 0 spiro atoms. The van der Waals surface area contributed by atoms with Gasteiger partial charge in [0.1, 0.15) is 5.01 Å². The third kappa shape index (κ3) is 6.32. The number of hydrogen-bond acceptors (Lipinski definition) is 4. The van der Waals surface area contributed by atoms with Gasteiger partial charge in [-0.05, 0) is 68.7 Å². The molecule has 44 heavy (non-hydrogen) atoms. The summed E-state index contributed by atoms with van der Waals surface area (Å²) in [5, 5.41) is 2.31. The summed E-state index contributed by atoms with van der Waals surface area (Å²) >= 11 is 1.31. The lowest BCUT2D eigenvalue weighted by Gasteiger charge is -2.32. The van der Waals surface area contributed by atoms with E-state index in [9.17, 15) is 18.4 Å². The maximum absolute atomic E-state index is 14.7. The fourth-order valence-electron chi connectivity index (χ4n) is 5.97. The number of aromatic nitrogens is 2. The van der Waals surface area contributed by atoms with Crippen molar-refractivity contribution in [2.45, 2.75) is 66.7 Å². The van der Waals surface area contributed by atoms with Gasteiger partial charge in [-0.3, -0.25) is 14.2 Å². The van der Waals surface area contributed by atoms with Crippen molar-refractivity contribution >= 4 is 23.3 Å². The van der Waals surface area contributed by atoms with Crippen molar-refractivity contribution in [2.75, 3.05) is 13.1 Å². The van der Waals surface area contributed by atoms with Crippen LogP contribution in [0, 0.1) is 5.92 Å². The summed E-state index contributed by atoms with van der Waals surface area (Å²) in [6, 6.07) is 13.8. The quantitative estimate of drug-likeness (QED) is 0.199. The molecule has 0 bridgehead atoms. The van der Waals surface area contributed by atoms with Gasteiger partial charge in [-0.25, -0.2) is 13.8 Å². The molecule has 0 unspecified atom stereocenters. The van der Waals surface area contributed by atoms with E-state index in [0.29, 0.717) is 52.1 Å². The van der Waals surface area contributed by atoms with E-state index in [2.05, 4.69) is 20.8 Å². The van der Waals surface area contributed by atoms with Crippen LogP contribution in [0.15, 0.2) is 64.3 Å². The smallest absolute Gasteiger partial charge is 0.265 e. The number of amides is 1. The number of thiazole rings is 1. The number of nitrogens with zero attached hydrogens (tertiary/aromatic N) is 3. The molecule has 8 heteroatoms. The molecule has 1 fully saturated rings. The van der Waals surface area contributed by atoms with Crippen molar-refractivity contribution < 1.29 is 13.6 Å². The Hall–Kier alpha value is -3.91. The van der Waals surface area contributed by atoms with E-state index < -0.39 is 6.43 Å². The van der Waals surface area contributed by atoms with Crippen LogP contribution >= 0.6 is 11.3 Å². The third-order valence-corrected chi connectivity index (χ3v) is 9.10. The van der Waals surface area contributed by atoms with Crippen LogP contribution in [0.4, 0.5) is 8.78 Å². The Morgan fingerprint density at radius 1 is 1.09 bits per heavy atom. The Bertz CT molecular complexity index is 1730. The van der Waals surface area contributed by atoms with Crippen LogP contribution in [0.2, 0.25) is 0 Å². The zero-order valence-corrected chi connectivity index (χ0v) is 26.8. The van der Waals surface area contributed by atoms with E-state index in [0.717, 1.165) is 48.1 Å². The van der Waals surface area contributed by atoms with Crippen molar-refractivity contribution in [1.82, 2.24) is 14.5 Å². The average Bonchev–Trinajstić information content (AvgIpc) is 3.50. The molecule has 1 saturated heterocycles. The minimum absolute atomic E-state index is 0.0570. The number of para-hydroxylation sites is 1. The van der Waals surface area contributed by atoms with Crippen LogP contribution in [-0.2, 0) is 12.8 Å². The van der Waals surface area contributed by atoms with E-state index in [1.54, 1.807) is 22.8 Å². The summed E-state index contributed by atoms with van der Waals surface area (Å²) in [6.07, 6.45) is 2.85. The second-order valence-corrected chi connectivity index (χ2v) is 12.7. The van der Waals surface area contributed by atoms with Gasteiger partial charge in [-0.1, -0.05) is 68.8 Å². The SMILES string of the molecule is CCc1cccc(CC)c1-n1c(C=C(C)C)c(C(=O)N2CCC[C@@H](C)C2)cc(-c2nc(-c3ccc(C(F)F)cc3)cs2)c1=O. The lowest BCUT2D eigenvalue weighted by atomic mass is 9.97. The number of benzene rings is 2. The fourth-order valence-corrected chi connectivity index (χ4v) is 6.80. The minimum Gasteiger partial charge on any atom is -0.338 e. The van der Waals surface area contributed by atoms with E-state index >= 15 is 0 Å². The van der Waals surface area contributed by atoms with Crippen LogP contribution in [0.1, 0.15) is 86.6 Å². The molecule has 1 atom stereocenters. The molecule has 0 aliphatic carbocycles. The Kier molecular flexibility index (Phi) is 9.59. The number of aryl methyl sites for hydroxylation is 2. The predicted octanol–water partition coefficient (Wildman–Crippen LogP) is 8.99. The van der Waals surface area contributed by atoms with Gasteiger partial charge in [0.25, 0.3) is 17.9 Å². The van der Waals surface area contributed by atoms with Gasteiger partial charge in [0.2, 0.25) is 0 Å². The highest BCUT2D eigenvalue weighted by molar-refractivity contribution is 7.13. The van der Waals surface area contributed by atoms with Gasteiger partial charge in [0.05, 0.1) is 28.2 Å². The first-order valence-corrected chi connectivity index (χ1v) is 16.2. The Morgan fingerprint density at radius 2 is 1.77 bits per heavy atom. The average molecular weight is 616 g/mol. The lowest BCUT2D eigenvalue weighted by molar-refractivity contribution is 0.0682. The van der Waals surface area contributed by atoms with Gasteiger partial charge in [0, 0.05) is 29.6 Å². The zero-order chi connectivity index (χ0) is 31.5. The largest absolute Gasteiger partial charge is 0.338 e. The molecule has 0 N–H and O–H groups in total. The molecule has 2 aromatic carbocycles. The number of hydrogen-bond donors (Lipinski definition) is 0. The van der Waals surface area contributed by atoms with Gasteiger partial charge >= 0.3 is 0 Å². The molecule has 0 radical (unpaired) electrons. The second-order valence-electron chi connectivity index (χ2n) is 11.8. The number of carbonyl (C=O) groups is 1. The fraction of sp³-hybridized carbons (Fsp3) is 0.361. The first kappa shape index (κ1) is 31.5. The molecule has 5 nitrogen and oxygen atoms in total. The van der Waals surface area contributed by atoms with Crippen molar-refractivity contribution in [3.8, 4) is 27.5 Å². The van der Waals surface area contributed by atoms with Crippen LogP contribution < -0.4 is 5.56 Å². The standard InChI is InChI=1S/C36H39F2N3O2S/c1-6-24-11-8-12-25(7-2)32(24)41-31(18-22(3)4)28(35(42)40-17-9-10-23(5)20-40)19-29(36(41)43)34-39-30(21-44-34)26-13-15-27(16-14-26)33(37)38/h8,11-16,18-19,21,23,33H,6-7,9-10,17,20H2,1-5H3/t23-/m1/s1. The van der Waals surface area contributed by atoms with E-state index in [1.807, 2.05) is 48.4 Å². The number of pyridine rings is 1. The molecule has 1 aliphatic rings. The molecule has 0 saturated carbocycles. The van der Waals surface area contributed by atoms with E-state index in [1.165, 1.54) is 23.5 Å². The lowest BCUT2D eigenvalue weighted by Crippen LogP contribution is -2.40. The second kappa shape index (κ2) is 13.4. The highest BCUT2D eigenvalue weighted by Crippen LogP contribution is 2.33. The Labute approximate surface area is 261 Å². The topological polar surface area (TPSA) is 55.2 Å². The maximum atomic E-state index is 14.7. The number of alkyl halides is 2. The summed E-state index contributed by atoms with van der Waals surface area (Å²) in [5.41, 5.74) is 6.21. The molecular weight excluding hydrogens is 576 g/mol.